The van der Waals surface area contributed by atoms with E-state index in [1.54, 1.807) is 0 Å². The van der Waals surface area contributed by atoms with Crippen molar-refractivity contribution in [3.8, 4) is 6.07 Å². The van der Waals surface area contributed by atoms with Crippen molar-refractivity contribution < 1.29 is 0 Å². The monoisotopic (exact) mass is 134 g/mol. The fraction of sp³-hybridized carbons (Fsp3) is 0.375. The summed E-state index contributed by atoms with van der Waals surface area (Å²) < 4.78 is 0. The van der Waals surface area contributed by atoms with Crippen molar-refractivity contribution in [3.05, 3.63) is 23.9 Å². The molecule has 1 heterocycles. The van der Waals surface area contributed by atoms with Crippen molar-refractivity contribution >= 4 is 0 Å². The molecule has 0 N–H and O–H groups in total. The minimum absolute atomic E-state index is 0.347. The summed E-state index contributed by atoms with van der Waals surface area (Å²) in [6.45, 7) is 2.06. The van der Waals surface area contributed by atoms with E-state index in [1.165, 1.54) is 0 Å². The van der Waals surface area contributed by atoms with Gasteiger partial charge in [0.2, 0.25) is 0 Å². The second-order valence-electron chi connectivity index (χ2n) is 2.40. The van der Waals surface area contributed by atoms with Crippen LogP contribution in [0.3, 0.4) is 0 Å². The standard InChI is InChI=1S/C8H10N2/c1-7-4-3-5-8(6-9)10(7)2/h3-5,7H,1-2H3. The lowest BCUT2D eigenvalue weighted by Crippen LogP contribution is -2.27. The highest BCUT2D eigenvalue weighted by atomic mass is 15.1. The molecule has 0 aromatic carbocycles. The first-order chi connectivity index (χ1) is 4.75. The lowest BCUT2D eigenvalue weighted by atomic mass is 10.2. The predicted octanol–water partition coefficient (Wildman–Crippen LogP) is 1.28. The molecule has 0 saturated carbocycles. The van der Waals surface area contributed by atoms with Crippen LogP contribution in [0.2, 0.25) is 0 Å². The summed E-state index contributed by atoms with van der Waals surface area (Å²) in [6, 6.07) is 2.47. The highest BCUT2D eigenvalue weighted by Gasteiger charge is 2.10. The Morgan fingerprint density at radius 2 is 2.40 bits per heavy atom. The molecule has 1 rings (SSSR count). The third kappa shape index (κ3) is 1.03. The summed E-state index contributed by atoms with van der Waals surface area (Å²) in [5, 5.41) is 8.59. The summed E-state index contributed by atoms with van der Waals surface area (Å²) >= 11 is 0. The van der Waals surface area contributed by atoms with Gasteiger partial charge in [0.1, 0.15) is 11.8 Å². The van der Waals surface area contributed by atoms with Crippen LogP contribution in [0.4, 0.5) is 0 Å². The van der Waals surface area contributed by atoms with E-state index in [1.807, 2.05) is 24.1 Å². The fourth-order valence-corrected chi connectivity index (χ4v) is 0.890. The number of nitriles is 1. The zero-order valence-corrected chi connectivity index (χ0v) is 6.20. The van der Waals surface area contributed by atoms with E-state index < -0.39 is 0 Å². The lowest BCUT2D eigenvalue weighted by molar-refractivity contribution is 0.382. The molecule has 0 amide bonds. The lowest BCUT2D eigenvalue weighted by Gasteiger charge is -2.25. The van der Waals surface area contributed by atoms with E-state index in [2.05, 4.69) is 19.1 Å². The maximum absolute atomic E-state index is 8.59. The molecule has 0 fully saturated rings. The van der Waals surface area contributed by atoms with E-state index in [-0.39, 0.29) is 0 Å². The van der Waals surface area contributed by atoms with Gasteiger partial charge in [-0.25, -0.2) is 0 Å². The van der Waals surface area contributed by atoms with Gasteiger partial charge in [-0.1, -0.05) is 12.2 Å². The van der Waals surface area contributed by atoms with Crippen LogP contribution in [-0.4, -0.2) is 18.0 Å². The molecule has 52 valence electrons. The van der Waals surface area contributed by atoms with Gasteiger partial charge in [-0.15, -0.1) is 0 Å². The van der Waals surface area contributed by atoms with Crippen LogP contribution >= 0.6 is 0 Å². The van der Waals surface area contributed by atoms with Gasteiger partial charge >= 0.3 is 0 Å². The summed E-state index contributed by atoms with van der Waals surface area (Å²) in [6.07, 6.45) is 5.80. The Kier molecular flexibility index (Phi) is 1.77. The average Bonchev–Trinajstić information content (AvgIpc) is 1.95. The third-order valence-electron chi connectivity index (χ3n) is 1.75. The summed E-state index contributed by atoms with van der Waals surface area (Å²) in [4.78, 5) is 1.94. The molecule has 1 aliphatic heterocycles. The van der Waals surface area contributed by atoms with Gasteiger partial charge in [0.05, 0.1) is 0 Å². The molecule has 10 heavy (non-hydrogen) atoms. The average molecular weight is 134 g/mol. The van der Waals surface area contributed by atoms with Gasteiger partial charge < -0.3 is 4.90 Å². The van der Waals surface area contributed by atoms with Crippen LogP contribution in [0, 0.1) is 11.3 Å². The van der Waals surface area contributed by atoms with Gasteiger partial charge in [-0.3, -0.25) is 0 Å². The topological polar surface area (TPSA) is 27.0 Å². The zero-order chi connectivity index (χ0) is 7.56. The van der Waals surface area contributed by atoms with Crippen LogP contribution in [0.5, 0.6) is 0 Å². The van der Waals surface area contributed by atoms with E-state index in [4.69, 9.17) is 5.26 Å². The van der Waals surface area contributed by atoms with Crippen molar-refractivity contribution in [1.29, 1.82) is 5.26 Å². The Labute approximate surface area is 61.1 Å². The molecule has 2 heteroatoms. The van der Waals surface area contributed by atoms with Gasteiger partial charge in [0.15, 0.2) is 0 Å². The molecule has 0 aliphatic carbocycles. The SMILES string of the molecule is CC1C=CC=C(C#N)N1C. The van der Waals surface area contributed by atoms with Crippen molar-refractivity contribution in [3.63, 3.8) is 0 Å². The first-order valence-corrected chi connectivity index (χ1v) is 3.27. The quantitative estimate of drug-likeness (QED) is 0.499. The number of rotatable bonds is 0. The van der Waals surface area contributed by atoms with Gasteiger partial charge in [0.25, 0.3) is 0 Å². The predicted molar refractivity (Wildman–Crippen MR) is 40.1 cm³/mol. The highest BCUT2D eigenvalue weighted by Crippen LogP contribution is 2.11. The molecular weight excluding hydrogens is 124 g/mol. The number of nitrogens with zero attached hydrogens (tertiary/aromatic N) is 2. The zero-order valence-electron chi connectivity index (χ0n) is 6.20. The van der Waals surface area contributed by atoms with Crippen LogP contribution in [0.15, 0.2) is 23.9 Å². The van der Waals surface area contributed by atoms with Crippen LogP contribution < -0.4 is 0 Å². The van der Waals surface area contributed by atoms with Crippen LogP contribution in [0.1, 0.15) is 6.92 Å². The second-order valence-corrected chi connectivity index (χ2v) is 2.40. The van der Waals surface area contributed by atoms with Gasteiger partial charge in [0, 0.05) is 13.1 Å². The van der Waals surface area contributed by atoms with Crippen molar-refractivity contribution in [2.75, 3.05) is 7.05 Å². The Bertz CT molecular complexity index is 220. The molecule has 1 atom stereocenters. The molecule has 0 aromatic heterocycles. The summed E-state index contributed by atoms with van der Waals surface area (Å²) in [5.74, 6) is 0. The maximum atomic E-state index is 8.59. The molecular formula is C8H10N2. The van der Waals surface area contributed by atoms with Crippen molar-refractivity contribution in [2.24, 2.45) is 0 Å². The third-order valence-corrected chi connectivity index (χ3v) is 1.75. The molecule has 1 aliphatic rings. The Morgan fingerprint density at radius 3 is 2.90 bits per heavy atom. The molecule has 0 bridgehead atoms. The molecule has 0 spiro atoms. The van der Waals surface area contributed by atoms with Crippen LogP contribution in [0.25, 0.3) is 0 Å². The Morgan fingerprint density at radius 1 is 1.70 bits per heavy atom. The first kappa shape index (κ1) is 6.88. The Balaban J connectivity index is 2.84. The molecule has 0 aromatic rings. The summed E-state index contributed by atoms with van der Waals surface area (Å²) in [7, 11) is 1.92. The maximum Gasteiger partial charge on any atom is 0.117 e. The highest BCUT2D eigenvalue weighted by molar-refractivity contribution is 5.29. The van der Waals surface area contributed by atoms with E-state index >= 15 is 0 Å². The number of likely N-dealkylation sites (N-methyl/N-ethyl adjacent to an activating group) is 1. The number of allylic oxidation sites excluding steroid dienone is 3. The molecule has 0 saturated heterocycles. The van der Waals surface area contributed by atoms with Gasteiger partial charge in [-0.05, 0) is 13.0 Å². The normalized spacial score (nSPS) is 23.9. The number of hydrogen-bond acceptors (Lipinski definition) is 2. The number of hydrogen-bond donors (Lipinski definition) is 0. The minimum Gasteiger partial charge on any atom is -0.360 e. The van der Waals surface area contributed by atoms with Crippen molar-refractivity contribution in [2.45, 2.75) is 13.0 Å². The van der Waals surface area contributed by atoms with E-state index in [9.17, 15) is 0 Å². The summed E-state index contributed by atoms with van der Waals surface area (Å²) in [5.41, 5.74) is 0.731. The smallest absolute Gasteiger partial charge is 0.117 e. The minimum atomic E-state index is 0.347. The van der Waals surface area contributed by atoms with E-state index in [0.29, 0.717) is 6.04 Å². The largest absolute Gasteiger partial charge is 0.360 e. The first-order valence-electron chi connectivity index (χ1n) is 3.27. The van der Waals surface area contributed by atoms with E-state index in [0.717, 1.165) is 5.70 Å². The fourth-order valence-electron chi connectivity index (χ4n) is 0.890. The van der Waals surface area contributed by atoms with Crippen LogP contribution in [-0.2, 0) is 0 Å². The van der Waals surface area contributed by atoms with Crippen molar-refractivity contribution in [1.82, 2.24) is 4.90 Å². The molecule has 2 nitrogen and oxygen atoms in total. The Hall–Kier alpha value is -1.23. The molecule has 1 unspecified atom stereocenters. The second kappa shape index (κ2) is 2.57. The molecule has 0 radical (unpaired) electrons. The van der Waals surface area contributed by atoms with Gasteiger partial charge in [-0.2, -0.15) is 5.26 Å².